The molecule has 0 aliphatic carbocycles. The fourth-order valence-electron chi connectivity index (χ4n) is 1.17. The second-order valence-electron chi connectivity index (χ2n) is 3.19. The number of benzene rings is 1. The van der Waals surface area contributed by atoms with Crippen molar-refractivity contribution in [3.63, 3.8) is 0 Å². The second kappa shape index (κ2) is 5.06. The molecule has 0 fully saturated rings. The van der Waals surface area contributed by atoms with E-state index in [-0.39, 0.29) is 29.3 Å². The van der Waals surface area contributed by atoms with Gasteiger partial charge >= 0.3 is 5.97 Å². The molecule has 0 spiro atoms. The number of hydrogen-bond acceptors (Lipinski definition) is 4. The quantitative estimate of drug-likeness (QED) is 0.612. The Kier molecular flexibility index (Phi) is 3.76. The van der Waals surface area contributed by atoms with E-state index in [4.69, 9.17) is 5.11 Å². The van der Waals surface area contributed by atoms with E-state index in [1.807, 2.05) is 0 Å². The number of non-ortho nitro benzene ring substituents is 1. The van der Waals surface area contributed by atoms with Crippen molar-refractivity contribution in [3.8, 4) is 0 Å². The van der Waals surface area contributed by atoms with Crippen LogP contribution in [0.25, 0.3) is 0 Å². The molecule has 7 nitrogen and oxygen atoms in total. The third-order valence-corrected chi connectivity index (χ3v) is 2.04. The van der Waals surface area contributed by atoms with Gasteiger partial charge in [-0.25, -0.2) is 4.79 Å². The van der Waals surface area contributed by atoms with Crippen LogP contribution in [0, 0.1) is 10.1 Å². The summed E-state index contributed by atoms with van der Waals surface area (Å²) in [6.45, 7) is 1.61. The lowest BCUT2D eigenvalue weighted by Crippen LogP contribution is -2.13. The molecule has 1 aromatic carbocycles. The van der Waals surface area contributed by atoms with Crippen LogP contribution in [0.3, 0.4) is 0 Å². The van der Waals surface area contributed by atoms with Crippen molar-refractivity contribution in [2.75, 3.05) is 5.32 Å². The first kappa shape index (κ1) is 12.6. The molecule has 0 heterocycles. The van der Waals surface area contributed by atoms with Gasteiger partial charge < -0.3 is 10.4 Å². The number of amides is 1. The number of aromatic carboxylic acids is 1. The van der Waals surface area contributed by atoms with Gasteiger partial charge in [-0.3, -0.25) is 14.9 Å². The SMILES string of the molecule is CCC(=O)Nc1ccc([N+](=O)[O-])cc1C(=O)O. The smallest absolute Gasteiger partial charge is 0.338 e. The summed E-state index contributed by atoms with van der Waals surface area (Å²) in [4.78, 5) is 31.8. The van der Waals surface area contributed by atoms with E-state index in [0.29, 0.717) is 0 Å². The van der Waals surface area contributed by atoms with Gasteiger partial charge in [0.15, 0.2) is 0 Å². The van der Waals surface area contributed by atoms with Crippen molar-refractivity contribution in [3.05, 3.63) is 33.9 Å². The summed E-state index contributed by atoms with van der Waals surface area (Å²) in [6, 6.07) is 3.25. The monoisotopic (exact) mass is 238 g/mol. The molecule has 0 saturated carbocycles. The normalized spacial score (nSPS) is 9.71. The molecule has 1 amide bonds. The molecule has 1 rings (SSSR count). The predicted molar refractivity (Wildman–Crippen MR) is 59.0 cm³/mol. The molecule has 2 N–H and O–H groups in total. The van der Waals surface area contributed by atoms with Gasteiger partial charge in [0.05, 0.1) is 16.2 Å². The average molecular weight is 238 g/mol. The number of nitrogens with one attached hydrogen (secondary N) is 1. The maximum absolute atomic E-state index is 11.1. The van der Waals surface area contributed by atoms with Crippen LogP contribution < -0.4 is 5.32 Å². The molecule has 0 atom stereocenters. The maximum atomic E-state index is 11.1. The highest BCUT2D eigenvalue weighted by molar-refractivity contribution is 6.00. The van der Waals surface area contributed by atoms with Gasteiger partial charge in [-0.1, -0.05) is 6.92 Å². The van der Waals surface area contributed by atoms with E-state index in [1.54, 1.807) is 6.92 Å². The highest BCUT2D eigenvalue weighted by Gasteiger charge is 2.16. The van der Waals surface area contributed by atoms with Crippen molar-refractivity contribution >= 4 is 23.3 Å². The topological polar surface area (TPSA) is 110 Å². The molecule has 0 unspecified atom stereocenters. The van der Waals surface area contributed by atoms with Crippen LogP contribution in [0.5, 0.6) is 0 Å². The molecular weight excluding hydrogens is 228 g/mol. The zero-order valence-electron chi connectivity index (χ0n) is 8.97. The Morgan fingerprint density at radius 2 is 2.12 bits per heavy atom. The zero-order chi connectivity index (χ0) is 13.0. The summed E-state index contributed by atoms with van der Waals surface area (Å²) in [7, 11) is 0. The minimum absolute atomic E-state index is 0.0509. The first-order chi connectivity index (χ1) is 7.95. The molecule has 7 heteroatoms. The van der Waals surface area contributed by atoms with Crippen LogP contribution in [-0.2, 0) is 4.79 Å². The number of nitro groups is 1. The summed E-state index contributed by atoms with van der Waals surface area (Å²) in [6.07, 6.45) is 0.191. The van der Waals surface area contributed by atoms with E-state index in [1.165, 1.54) is 6.07 Å². The number of nitrogens with zero attached hydrogens (tertiary/aromatic N) is 1. The third kappa shape index (κ3) is 3.00. The number of rotatable bonds is 4. The lowest BCUT2D eigenvalue weighted by atomic mass is 10.1. The standard InChI is InChI=1S/C10H10N2O5/c1-2-9(13)11-8-4-3-6(12(16)17)5-7(8)10(14)15/h3-5H,2H2,1H3,(H,11,13)(H,14,15). The summed E-state index contributed by atoms with van der Waals surface area (Å²) in [5.74, 6) is -1.69. The number of nitro benzene ring substituents is 1. The largest absolute Gasteiger partial charge is 0.478 e. The van der Waals surface area contributed by atoms with E-state index < -0.39 is 10.9 Å². The molecule has 0 saturated heterocycles. The molecule has 0 bridgehead atoms. The number of carbonyl (C=O) groups excluding carboxylic acids is 1. The second-order valence-corrected chi connectivity index (χ2v) is 3.19. The van der Waals surface area contributed by atoms with Crippen LogP contribution in [0.1, 0.15) is 23.7 Å². The predicted octanol–water partition coefficient (Wildman–Crippen LogP) is 1.64. The van der Waals surface area contributed by atoms with Gasteiger partial charge in [0.2, 0.25) is 5.91 Å². The van der Waals surface area contributed by atoms with Crippen molar-refractivity contribution in [1.29, 1.82) is 0 Å². The van der Waals surface area contributed by atoms with E-state index in [2.05, 4.69) is 5.32 Å². The molecule has 1 aromatic rings. The van der Waals surface area contributed by atoms with Crippen LogP contribution in [0.4, 0.5) is 11.4 Å². The molecule has 0 aliphatic rings. The number of anilines is 1. The summed E-state index contributed by atoms with van der Waals surface area (Å²) in [5.41, 5.74) is -0.590. The van der Waals surface area contributed by atoms with Gasteiger partial charge in [0.25, 0.3) is 5.69 Å². The summed E-state index contributed by atoms with van der Waals surface area (Å²) >= 11 is 0. The molecule has 0 aromatic heterocycles. The first-order valence-corrected chi connectivity index (χ1v) is 4.77. The van der Waals surface area contributed by atoms with Gasteiger partial charge in [-0.15, -0.1) is 0 Å². The van der Waals surface area contributed by atoms with Crippen LogP contribution in [0.2, 0.25) is 0 Å². The average Bonchev–Trinajstić information content (AvgIpc) is 2.28. The number of hydrogen-bond donors (Lipinski definition) is 2. The van der Waals surface area contributed by atoms with E-state index in [0.717, 1.165) is 12.1 Å². The lowest BCUT2D eigenvalue weighted by Gasteiger charge is -2.06. The van der Waals surface area contributed by atoms with E-state index in [9.17, 15) is 19.7 Å². The zero-order valence-corrected chi connectivity index (χ0v) is 8.97. The van der Waals surface area contributed by atoms with Crippen molar-refractivity contribution in [1.82, 2.24) is 0 Å². The van der Waals surface area contributed by atoms with Gasteiger partial charge in [-0.2, -0.15) is 0 Å². The number of carboxylic acids is 1. The van der Waals surface area contributed by atoms with Crippen LogP contribution >= 0.6 is 0 Å². The Bertz CT molecular complexity index is 484. The molecule has 0 aliphatic heterocycles. The Morgan fingerprint density at radius 3 is 2.59 bits per heavy atom. The third-order valence-electron chi connectivity index (χ3n) is 2.04. The van der Waals surface area contributed by atoms with E-state index >= 15 is 0 Å². The Labute approximate surface area is 96.2 Å². The maximum Gasteiger partial charge on any atom is 0.338 e. The molecule has 90 valence electrons. The Balaban J connectivity index is 3.17. The molecule has 0 radical (unpaired) electrons. The summed E-state index contributed by atoms with van der Waals surface area (Å²) < 4.78 is 0. The van der Waals surface area contributed by atoms with Crippen molar-refractivity contribution in [2.45, 2.75) is 13.3 Å². The van der Waals surface area contributed by atoms with Gasteiger partial charge in [-0.05, 0) is 6.07 Å². The Morgan fingerprint density at radius 1 is 1.47 bits per heavy atom. The highest BCUT2D eigenvalue weighted by atomic mass is 16.6. The molecule has 17 heavy (non-hydrogen) atoms. The molecular formula is C10H10N2O5. The van der Waals surface area contributed by atoms with Crippen molar-refractivity contribution < 1.29 is 19.6 Å². The lowest BCUT2D eigenvalue weighted by molar-refractivity contribution is -0.384. The fourth-order valence-corrected chi connectivity index (χ4v) is 1.17. The first-order valence-electron chi connectivity index (χ1n) is 4.77. The van der Waals surface area contributed by atoms with Crippen LogP contribution in [0.15, 0.2) is 18.2 Å². The van der Waals surface area contributed by atoms with Crippen LogP contribution in [-0.4, -0.2) is 21.9 Å². The Hall–Kier alpha value is -2.44. The highest BCUT2D eigenvalue weighted by Crippen LogP contribution is 2.22. The van der Waals surface area contributed by atoms with Crippen molar-refractivity contribution in [2.24, 2.45) is 0 Å². The minimum atomic E-state index is -1.33. The minimum Gasteiger partial charge on any atom is -0.478 e. The number of carboxylic acid groups (broad SMARTS) is 1. The van der Waals surface area contributed by atoms with Gasteiger partial charge in [0.1, 0.15) is 0 Å². The number of carbonyl (C=O) groups is 2. The summed E-state index contributed by atoms with van der Waals surface area (Å²) in [5, 5.41) is 21.7. The van der Waals surface area contributed by atoms with Gasteiger partial charge in [0, 0.05) is 18.6 Å². The fraction of sp³-hybridized carbons (Fsp3) is 0.200.